The van der Waals surface area contributed by atoms with Gasteiger partial charge in [-0.25, -0.2) is 9.78 Å². The van der Waals surface area contributed by atoms with Gasteiger partial charge in [0.15, 0.2) is 0 Å². The molecule has 0 aliphatic carbocycles. The predicted octanol–water partition coefficient (Wildman–Crippen LogP) is 5.58. The maximum atomic E-state index is 12.5. The summed E-state index contributed by atoms with van der Waals surface area (Å²) in [5, 5.41) is 2.91. The molecule has 174 valence electrons. The zero-order valence-corrected chi connectivity index (χ0v) is 19.2. The first kappa shape index (κ1) is 21.9. The minimum absolute atomic E-state index is 0.0781. The van der Waals surface area contributed by atoms with Crippen molar-refractivity contribution in [2.45, 2.75) is 25.7 Å². The van der Waals surface area contributed by atoms with Gasteiger partial charge in [-0.1, -0.05) is 23.8 Å². The van der Waals surface area contributed by atoms with E-state index in [1.165, 1.54) is 18.4 Å². The number of rotatable bonds is 5. The highest BCUT2D eigenvalue weighted by atomic mass is 16.5. The molecule has 0 bridgehead atoms. The average molecular weight is 456 g/mol. The molecule has 5 rings (SSSR count). The van der Waals surface area contributed by atoms with Crippen LogP contribution in [-0.4, -0.2) is 47.1 Å². The van der Waals surface area contributed by atoms with Crippen LogP contribution in [0.2, 0.25) is 0 Å². The van der Waals surface area contributed by atoms with Gasteiger partial charge in [0.2, 0.25) is 5.88 Å². The second-order valence-corrected chi connectivity index (χ2v) is 8.68. The van der Waals surface area contributed by atoms with Gasteiger partial charge < -0.3 is 19.9 Å². The molecule has 7 heteroatoms. The average Bonchev–Trinajstić information content (AvgIpc) is 3.41. The number of anilines is 2. The van der Waals surface area contributed by atoms with Gasteiger partial charge in [0.05, 0.1) is 23.8 Å². The first-order valence-electron chi connectivity index (χ1n) is 11.9. The number of benzene rings is 1. The van der Waals surface area contributed by atoms with Crippen molar-refractivity contribution in [3.63, 3.8) is 0 Å². The lowest BCUT2D eigenvalue weighted by molar-refractivity contribution is 0.208. The smallest absolute Gasteiger partial charge is 0.321 e. The van der Waals surface area contributed by atoms with Crippen molar-refractivity contribution >= 4 is 23.5 Å². The van der Waals surface area contributed by atoms with E-state index in [0.29, 0.717) is 24.7 Å². The molecule has 0 saturated carbocycles. The van der Waals surface area contributed by atoms with E-state index in [0.717, 1.165) is 42.9 Å². The number of pyridine rings is 2. The lowest BCUT2D eigenvalue weighted by atomic mass is 10.0. The third-order valence-corrected chi connectivity index (χ3v) is 6.25. The van der Waals surface area contributed by atoms with Crippen molar-refractivity contribution in [1.82, 2.24) is 14.9 Å². The Morgan fingerprint density at radius 2 is 1.82 bits per heavy atom. The molecular formula is C27H29N5O2. The van der Waals surface area contributed by atoms with E-state index >= 15 is 0 Å². The zero-order valence-electron chi connectivity index (χ0n) is 19.2. The number of hydrogen-bond acceptors (Lipinski definition) is 5. The van der Waals surface area contributed by atoms with E-state index in [1.54, 1.807) is 12.4 Å². The molecule has 0 atom stereocenters. The maximum Gasteiger partial charge on any atom is 0.321 e. The maximum absolute atomic E-state index is 12.5. The van der Waals surface area contributed by atoms with Gasteiger partial charge in [-0.05, 0) is 61.6 Å². The highest BCUT2D eigenvalue weighted by Crippen LogP contribution is 2.26. The fourth-order valence-corrected chi connectivity index (χ4v) is 4.40. The number of amides is 2. The molecule has 2 amide bonds. The van der Waals surface area contributed by atoms with Crippen LogP contribution in [0.3, 0.4) is 0 Å². The van der Waals surface area contributed by atoms with E-state index in [1.807, 2.05) is 47.5 Å². The Bertz CT molecular complexity index is 1130. The Labute approximate surface area is 200 Å². The molecule has 3 aromatic rings. The van der Waals surface area contributed by atoms with Crippen LogP contribution >= 0.6 is 0 Å². The largest absolute Gasteiger partial charge is 0.439 e. The predicted molar refractivity (Wildman–Crippen MR) is 134 cm³/mol. The summed E-state index contributed by atoms with van der Waals surface area (Å²) in [5.41, 5.74) is 4.29. The van der Waals surface area contributed by atoms with Crippen LogP contribution < -0.4 is 15.0 Å². The van der Waals surface area contributed by atoms with Crippen molar-refractivity contribution in [1.29, 1.82) is 0 Å². The molecule has 2 aliphatic heterocycles. The van der Waals surface area contributed by atoms with Gasteiger partial charge in [-0.15, -0.1) is 0 Å². The number of nitrogens with one attached hydrogen (secondary N) is 1. The third-order valence-electron chi connectivity index (χ3n) is 6.25. The fraction of sp³-hybridized carbons (Fsp3) is 0.296. The summed E-state index contributed by atoms with van der Waals surface area (Å²) in [6.45, 7) is 3.60. The SMILES string of the molecule is O=C(Nc1cccnc1)N1CCC(=Cc2cccc(Oc3ccc(N4CCCC4)cn3)c2)CC1. The minimum Gasteiger partial charge on any atom is -0.439 e. The topological polar surface area (TPSA) is 70.6 Å². The van der Waals surface area contributed by atoms with Crippen molar-refractivity contribution < 1.29 is 9.53 Å². The molecule has 4 heterocycles. The Morgan fingerprint density at radius 1 is 0.971 bits per heavy atom. The second-order valence-electron chi connectivity index (χ2n) is 8.68. The van der Waals surface area contributed by atoms with Crippen molar-refractivity contribution in [3.8, 4) is 11.6 Å². The van der Waals surface area contributed by atoms with Crippen molar-refractivity contribution in [3.05, 3.63) is 78.3 Å². The second kappa shape index (κ2) is 10.4. The lowest BCUT2D eigenvalue weighted by Gasteiger charge is -2.28. The fourth-order valence-electron chi connectivity index (χ4n) is 4.40. The molecule has 2 aromatic heterocycles. The number of carbonyl (C=O) groups is 1. The standard InChI is InChI=1S/C27H29N5O2/c33-27(30-23-6-4-12-28-19-23)32-15-10-21(11-16-32)17-22-5-3-7-25(18-22)34-26-9-8-24(20-29-26)31-13-1-2-14-31/h3-9,12,17-20H,1-2,10-11,13-16H2,(H,30,33). The number of hydrogen-bond donors (Lipinski definition) is 1. The number of urea groups is 1. The first-order valence-corrected chi connectivity index (χ1v) is 11.9. The Balaban J connectivity index is 1.16. The van der Waals surface area contributed by atoms with Crippen LogP contribution in [-0.2, 0) is 0 Å². The number of aromatic nitrogens is 2. The lowest BCUT2D eigenvalue weighted by Crippen LogP contribution is -2.39. The van der Waals surface area contributed by atoms with Crippen LogP contribution in [0.15, 0.2) is 72.7 Å². The van der Waals surface area contributed by atoms with Gasteiger partial charge in [-0.3, -0.25) is 4.98 Å². The van der Waals surface area contributed by atoms with E-state index in [9.17, 15) is 4.79 Å². The van der Waals surface area contributed by atoms with Gasteiger partial charge in [0, 0.05) is 38.4 Å². The van der Waals surface area contributed by atoms with Crippen LogP contribution in [0.25, 0.3) is 6.08 Å². The van der Waals surface area contributed by atoms with Gasteiger partial charge in [0.25, 0.3) is 0 Å². The summed E-state index contributed by atoms with van der Waals surface area (Å²) in [6, 6.07) is 15.6. The van der Waals surface area contributed by atoms with Crippen molar-refractivity contribution in [2.24, 2.45) is 0 Å². The summed E-state index contributed by atoms with van der Waals surface area (Å²) < 4.78 is 6.01. The zero-order chi connectivity index (χ0) is 23.2. The van der Waals surface area contributed by atoms with E-state index in [2.05, 4.69) is 38.4 Å². The van der Waals surface area contributed by atoms with Crippen molar-refractivity contribution in [2.75, 3.05) is 36.4 Å². The molecule has 0 spiro atoms. The molecule has 2 aliphatic rings. The normalized spacial score (nSPS) is 15.8. The van der Waals surface area contributed by atoms with Gasteiger partial charge >= 0.3 is 6.03 Å². The number of nitrogens with zero attached hydrogens (tertiary/aromatic N) is 4. The van der Waals surface area contributed by atoms with Crippen LogP contribution in [0.4, 0.5) is 16.2 Å². The molecule has 2 fully saturated rings. The molecule has 34 heavy (non-hydrogen) atoms. The summed E-state index contributed by atoms with van der Waals surface area (Å²) >= 11 is 0. The highest BCUT2D eigenvalue weighted by Gasteiger charge is 2.19. The Kier molecular flexibility index (Phi) is 6.70. The van der Waals surface area contributed by atoms with Crippen LogP contribution in [0, 0.1) is 0 Å². The monoisotopic (exact) mass is 455 g/mol. The number of likely N-dealkylation sites (tertiary alicyclic amines) is 1. The highest BCUT2D eigenvalue weighted by molar-refractivity contribution is 5.89. The summed E-state index contributed by atoms with van der Waals surface area (Å²) in [5.74, 6) is 1.37. The van der Waals surface area contributed by atoms with Gasteiger partial charge in [-0.2, -0.15) is 0 Å². The van der Waals surface area contributed by atoms with Crippen LogP contribution in [0.5, 0.6) is 11.6 Å². The molecule has 0 unspecified atom stereocenters. The molecule has 1 N–H and O–H groups in total. The van der Waals surface area contributed by atoms with E-state index in [4.69, 9.17) is 4.74 Å². The van der Waals surface area contributed by atoms with Gasteiger partial charge in [0.1, 0.15) is 5.75 Å². The first-order chi connectivity index (χ1) is 16.7. The minimum atomic E-state index is -0.0781. The molecule has 0 radical (unpaired) electrons. The van der Waals surface area contributed by atoms with E-state index < -0.39 is 0 Å². The molecule has 2 saturated heterocycles. The Hall–Kier alpha value is -3.87. The molecule has 7 nitrogen and oxygen atoms in total. The van der Waals surface area contributed by atoms with E-state index in [-0.39, 0.29) is 6.03 Å². The summed E-state index contributed by atoms with van der Waals surface area (Å²) in [7, 11) is 0. The number of piperidine rings is 1. The summed E-state index contributed by atoms with van der Waals surface area (Å²) in [4.78, 5) is 25.2. The summed E-state index contributed by atoms with van der Waals surface area (Å²) in [6.07, 6.45) is 11.6. The molecule has 1 aromatic carbocycles. The quantitative estimate of drug-likeness (QED) is 0.544. The number of ether oxygens (including phenoxy) is 1. The number of carbonyl (C=O) groups excluding carboxylic acids is 1. The third kappa shape index (κ3) is 5.54. The van der Waals surface area contributed by atoms with Crippen LogP contribution in [0.1, 0.15) is 31.2 Å². The molecular weight excluding hydrogens is 426 g/mol. The Morgan fingerprint density at radius 3 is 2.56 bits per heavy atom.